The summed E-state index contributed by atoms with van der Waals surface area (Å²) in [5, 5.41) is 8.93. The number of likely N-dealkylation sites (N-methyl/N-ethyl adjacent to an activating group) is 1. The van der Waals surface area contributed by atoms with Crippen molar-refractivity contribution in [1.29, 1.82) is 0 Å². The third-order valence-electron chi connectivity index (χ3n) is 4.73. The van der Waals surface area contributed by atoms with Crippen LogP contribution in [0.15, 0.2) is 24.3 Å². The van der Waals surface area contributed by atoms with Crippen molar-refractivity contribution >= 4 is 11.8 Å². The Morgan fingerprint density at radius 3 is 2.76 bits per heavy atom. The number of hydrogen-bond donors (Lipinski definition) is 1. The lowest BCUT2D eigenvalue weighted by Gasteiger charge is -2.25. The first-order valence-corrected chi connectivity index (χ1v) is 8.84. The number of hydrogen-bond acceptors (Lipinski definition) is 5. The van der Waals surface area contributed by atoms with Crippen LogP contribution >= 0.6 is 0 Å². The van der Waals surface area contributed by atoms with Crippen molar-refractivity contribution < 1.29 is 19.4 Å². The second-order valence-electron chi connectivity index (χ2n) is 6.64. The number of carboxylic acid groups (broad SMARTS) is 1. The molecule has 1 saturated heterocycles. The van der Waals surface area contributed by atoms with Gasteiger partial charge in [0.1, 0.15) is 12.4 Å². The van der Waals surface area contributed by atoms with Crippen molar-refractivity contribution in [1.82, 2.24) is 9.80 Å². The zero-order valence-electron chi connectivity index (χ0n) is 15.1. The van der Waals surface area contributed by atoms with E-state index in [4.69, 9.17) is 9.84 Å². The predicted molar refractivity (Wildman–Crippen MR) is 96.3 cm³/mol. The van der Waals surface area contributed by atoms with Gasteiger partial charge in [-0.1, -0.05) is 12.1 Å². The van der Waals surface area contributed by atoms with Crippen LogP contribution in [0.4, 0.5) is 0 Å². The fourth-order valence-corrected chi connectivity index (χ4v) is 3.31. The monoisotopic (exact) mass is 348 g/mol. The number of carboxylic acids is 1. The number of likely N-dealkylation sites (tertiary alicyclic amines) is 1. The van der Waals surface area contributed by atoms with E-state index in [0.29, 0.717) is 24.0 Å². The average molecular weight is 348 g/mol. The first kappa shape index (κ1) is 19.4. The van der Waals surface area contributed by atoms with Crippen molar-refractivity contribution in [2.75, 3.05) is 39.8 Å². The van der Waals surface area contributed by atoms with Gasteiger partial charge in [0.05, 0.1) is 12.1 Å². The summed E-state index contributed by atoms with van der Waals surface area (Å²) in [6, 6.07) is 7.64. The highest BCUT2D eigenvalue weighted by Crippen LogP contribution is 2.19. The highest BCUT2D eigenvalue weighted by molar-refractivity contribution is 5.96. The molecule has 1 aromatic rings. The molecule has 0 radical (unpaired) electrons. The molecule has 0 aliphatic carbocycles. The zero-order chi connectivity index (χ0) is 18.2. The Hall–Kier alpha value is -1.92. The van der Waals surface area contributed by atoms with E-state index in [2.05, 4.69) is 4.90 Å². The van der Waals surface area contributed by atoms with Crippen LogP contribution in [-0.2, 0) is 4.79 Å². The van der Waals surface area contributed by atoms with Crippen molar-refractivity contribution in [3.63, 3.8) is 0 Å². The third kappa shape index (κ3) is 6.14. The molecular formula is C19H28N2O4. The Labute approximate surface area is 149 Å². The number of Topliss-reactive ketones (excluding diaryl/α,β-unsaturated/α-hetero) is 1. The minimum absolute atomic E-state index is 0.00896. The third-order valence-corrected chi connectivity index (χ3v) is 4.73. The Morgan fingerprint density at radius 1 is 1.28 bits per heavy atom. The number of para-hydroxylation sites is 1. The summed E-state index contributed by atoms with van der Waals surface area (Å²) in [4.78, 5) is 26.8. The van der Waals surface area contributed by atoms with Gasteiger partial charge < -0.3 is 9.84 Å². The molecule has 2 rings (SSSR count). The number of ketones is 1. The van der Waals surface area contributed by atoms with E-state index in [9.17, 15) is 9.59 Å². The minimum Gasteiger partial charge on any atom is -0.491 e. The van der Waals surface area contributed by atoms with E-state index in [1.165, 1.54) is 0 Å². The topological polar surface area (TPSA) is 70.1 Å². The van der Waals surface area contributed by atoms with E-state index >= 15 is 0 Å². The highest BCUT2D eigenvalue weighted by Gasteiger charge is 2.21. The molecule has 0 spiro atoms. The fourth-order valence-electron chi connectivity index (χ4n) is 3.31. The summed E-state index contributed by atoms with van der Waals surface area (Å²) >= 11 is 0. The molecule has 0 saturated carbocycles. The van der Waals surface area contributed by atoms with Crippen molar-refractivity contribution in [3.8, 4) is 5.75 Å². The summed E-state index contributed by atoms with van der Waals surface area (Å²) in [5.74, 6) is -0.125. The first-order chi connectivity index (χ1) is 12.0. The number of carbonyl (C=O) groups is 2. The van der Waals surface area contributed by atoms with Crippen LogP contribution in [0, 0.1) is 0 Å². The number of aliphatic carboxylic acids is 1. The number of benzene rings is 1. The normalized spacial score (nSPS) is 18.8. The second kappa shape index (κ2) is 9.53. The molecular weight excluding hydrogens is 320 g/mol. The Morgan fingerprint density at radius 2 is 2.04 bits per heavy atom. The lowest BCUT2D eigenvalue weighted by atomic mass is 10.1. The van der Waals surface area contributed by atoms with Gasteiger partial charge in [-0.25, -0.2) is 0 Å². The van der Waals surface area contributed by atoms with Crippen LogP contribution in [0.1, 0.15) is 36.5 Å². The smallest absolute Gasteiger partial charge is 0.317 e. The molecule has 0 bridgehead atoms. The quantitative estimate of drug-likeness (QED) is 0.726. The fraction of sp³-hybridized carbons (Fsp3) is 0.579. The van der Waals surface area contributed by atoms with Crippen LogP contribution in [0.25, 0.3) is 0 Å². The molecule has 0 aromatic heterocycles. The average Bonchev–Trinajstić information content (AvgIpc) is 2.80. The number of rotatable bonds is 8. The van der Waals surface area contributed by atoms with Crippen LogP contribution in [-0.4, -0.2) is 72.5 Å². The van der Waals surface area contributed by atoms with E-state index in [1.807, 2.05) is 30.1 Å². The molecule has 25 heavy (non-hydrogen) atoms. The number of nitrogens with zero attached hydrogens (tertiary/aromatic N) is 2. The number of ether oxygens (including phenoxy) is 1. The van der Waals surface area contributed by atoms with Crippen LogP contribution < -0.4 is 4.74 Å². The van der Waals surface area contributed by atoms with E-state index < -0.39 is 5.97 Å². The molecule has 1 unspecified atom stereocenters. The molecule has 6 heteroatoms. The summed E-state index contributed by atoms with van der Waals surface area (Å²) < 4.78 is 5.82. The van der Waals surface area contributed by atoms with E-state index in [1.54, 1.807) is 13.0 Å². The molecule has 1 atom stereocenters. The molecule has 1 fully saturated rings. The highest BCUT2D eigenvalue weighted by atomic mass is 16.5. The lowest BCUT2D eigenvalue weighted by Crippen LogP contribution is -2.37. The molecule has 1 aromatic carbocycles. The molecule has 138 valence electrons. The summed E-state index contributed by atoms with van der Waals surface area (Å²) in [6.45, 7) is 4.92. The SMILES string of the molecule is CC(=O)c1ccccc1OCCN1CCCC(N(C)CC(=O)O)CC1. The van der Waals surface area contributed by atoms with Gasteiger partial charge >= 0.3 is 5.97 Å². The van der Waals surface area contributed by atoms with Crippen LogP contribution in [0.5, 0.6) is 5.75 Å². The van der Waals surface area contributed by atoms with E-state index in [-0.39, 0.29) is 12.3 Å². The summed E-state index contributed by atoms with van der Waals surface area (Å²) in [7, 11) is 1.89. The molecule has 0 amide bonds. The van der Waals surface area contributed by atoms with Crippen LogP contribution in [0.2, 0.25) is 0 Å². The molecule has 1 aliphatic rings. The standard InChI is InChI=1S/C19H28N2O4/c1-15(22)17-7-3-4-8-18(17)25-13-12-21-10-5-6-16(9-11-21)20(2)14-19(23)24/h3-4,7-8,16H,5-6,9-14H2,1-2H3,(H,23,24). The molecule has 1 N–H and O–H groups in total. The number of carbonyl (C=O) groups excluding carboxylic acids is 1. The lowest BCUT2D eigenvalue weighted by molar-refractivity contribution is -0.138. The van der Waals surface area contributed by atoms with Crippen molar-refractivity contribution in [2.45, 2.75) is 32.2 Å². The Kier molecular flexibility index (Phi) is 7.40. The Balaban J connectivity index is 1.79. The Bertz CT molecular complexity index is 591. The first-order valence-electron chi connectivity index (χ1n) is 8.84. The second-order valence-corrected chi connectivity index (χ2v) is 6.64. The maximum absolute atomic E-state index is 11.6. The van der Waals surface area contributed by atoms with Gasteiger partial charge in [-0.15, -0.1) is 0 Å². The zero-order valence-corrected chi connectivity index (χ0v) is 15.1. The van der Waals surface area contributed by atoms with Gasteiger partial charge in [0.2, 0.25) is 0 Å². The summed E-state index contributed by atoms with van der Waals surface area (Å²) in [6.07, 6.45) is 3.04. The van der Waals surface area contributed by atoms with Crippen molar-refractivity contribution in [2.24, 2.45) is 0 Å². The maximum atomic E-state index is 11.6. The van der Waals surface area contributed by atoms with Crippen molar-refractivity contribution in [3.05, 3.63) is 29.8 Å². The minimum atomic E-state index is -0.777. The van der Waals surface area contributed by atoms with Gasteiger partial charge in [-0.05, 0) is 58.5 Å². The predicted octanol–water partition coefficient (Wildman–Crippen LogP) is 2.14. The van der Waals surface area contributed by atoms with E-state index in [0.717, 1.165) is 38.9 Å². The van der Waals surface area contributed by atoms with Gasteiger partial charge in [0, 0.05) is 12.6 Å². The summed E-state index contributed by atoms with van der Waals surface area (Å²) in [5.41, 5.74) is 0.619. The molecule has 1 heterocycles. The largest absolute Gasteiger partial charge is 0.491 e. The van der Waals surface area contributed by atoms with Crippen LogP contribution in [0.3, 0.4) is 0 Å². The van der Waals surface area contributed by atoms with Gasteiger partial charge in [-0.3, -0.25) is 19.4 Å². The van der Waals surface area contributed by atoms with Gasteiger partial charge in [0.15, 0.2) is 5.78 Å². The molecule has 1 aliphatic heterocycles. The molecule has 6 nitrogen and oxygen atoms in total. The maximum Gasteiger partial charge on any atom is 0.317 e. The van der Waals surface area contributed by atoms with Gasteiger partial charge in [0.25, 0.3) is 0 Å². The van der Waals surface area contributed by atoms with Gasteiger partial charge in [-0.2, -0.15) is 0 Å².